The minimum absolute atomic E-state index is 0.189. The maximum Gasteiger partial charge on any atom is 0.0776 e. The number of ether oxygens (including phenoxy) is 2. The molecule has 3 heteroatoms. The lowest BCUT2D eigenvalue weighted by atomic mass is 10.4. The number of hydrogen-bond donors (Lipinski definition) is 1. The smallest absolute Gasteiger partial charge is 0.0776 e. The Bertz CT molecular complexity index is 88.2. The highest BCUT2D eigenvalue weighted by Gasteiger charge is 2.03. The molecule has 0 aliphatic heterocycles. The average Bonchev–Trinajstić information content (AvgIpc) is 2.01. The first-order valence-corrected chi connectivity index (χ1v) is 3.99. The molecule has 0 aromatic heterocycles. The molecule has 0 aromatic carbocycles. The summed E-state index contributed by atoms with van der Waals surface area (Å²) in [7, 11) is 3.61. The van der Waals surface area contributed by atoms with E-state index in [2.05, 4.69) is 5.32 Å². The lowest BCUT2D eigenvalue weighted by Gasteiger charge is -2.15. The quantitative estimate of drug-likeness (QED) is 0.620. The molecule has 0 rings (SSSR count). The second-order valence-electron chi connectivity index (χ2n) is 2.75. The third-order valence-corrected chi connectivity index (χ3v) is 1.51. The van der Waals surface area contributed by atoms with Crippen molar-refractivity contribution < 1.29 is 9.47 Å². The van der Waals surface area contributed by atoms with Crippen LogP contribution in [0.4, 0.5) is 0 Å². The largest absolute Gasteiger partial charge is 0.379 e. The van der Waals surface area contributed by atoms with Gasteiger partial charge in [0.2, 0.25) is 0 Å². The number of methoxy groups -OCH3 is 1. The normalized spacial score (nSPS) is 16.4. The third kappa shape index (κ3) is 6.28. The second kappa shape index (κ2) is 6.58. The van der Waals surface area contributed by atoms with Gasteiger partial charge in [-0.05, 0) is 20.9 Å². The Balaban J connectivity index is 3.22. The van der Waals surface area contributed by atoms with Gasteiger partial charge in [0.15, 0.2) is 0 Å². The summed E-state index contributed by atoms with van der Waals surface area (Å²) >= 11 is 0. The van der Waals surface area contributed by atoms with Crippen LogP contribution in [0.15, 0.2) is 0 Å². The molecule has 11 heavy (non-hydrogen) atoms. The van der Waals surface area contributed by atoms with Crippen LogP contribution in [-0.2, 0) is 9.47 Å². The van der Waals surface area contributed by atoms with Crippen molar-refractivity contribution in [3.05, 3.63) is 0 Å². The van der Waals surface area contributed by atoms with Crippen LogP contribution in [0.1, 0.15) is 13.8 Å². The lowest BCUT2D eigenvalue weighted by Crippen LogP contribution is -2.27. The molecule has 1 N–H and O–H groups in total. The maximum atomic E-state index is 5.45. The molecule has 0 spiro atoms. The monoisotopic (exact) mass is 161 g/mol. The molecule has 2 unspecified atom stereocenters. The van der Waals surface area contributed by atoms with Crippen molar-refractivity contribution in [1.29, 1.82) is 0 Å². The minimum Gasteiger partial charge on any atom is -0.379 e. The first-order valence-electron chi connectivity index (χ1n) is 3.99. The molecule has 0 aromatic rings. The summed E-state index contributed by atoms with van der Waals surface area (Å²) in [5, 5.41) is 3.04. The predicted molar refractivity (Wildman–Crippen MR) is 45.8 cm³/mol. The summed E-state index contributed by atoms with van der Waals surface area (Å²) in [5.74, 6) is 0. The summed E-state index contributed by atoms with van der Waals surface area (Å²) in [6.45, 7) is 5.58. The van der Waals surface area contributed by atoms with Gasteiger partial charge >= 0.3 is 0 Å². The summed E-state index contributed by atoms with van der Waals surface area (Å²) in [5.41, 5.74) is 0. The molecule has 2 atom stereocenters. The topological polar surface area (TPSA) is 30.5 Å². The average molecular weight is 161 g/mol. The Morgan fingerprint density at radius 3 is 2.36 bits per heavy atom. The Morgan fingerprint density at radius 1 is 1.27 bits per heavy atom. The fourth-order valence-electron chi connectivity index (χ4n) is 0.714. The van der Waals surface area contributed by atoms with Crippen molar-refractivity contribution in [1.82, 2.24) is 5.32 Å². The molecular formula is C8H19NO2. The molecule has 0 saturated carbocycles. The predicted octanol–water partition coefficient (Wildman–Crippen LogP) is 0.646. The minimum atomic E-state index is 0.189. The van der Waals surface area contributed by atoms with E-state index in [4.69, 9.17) is 9.47 Å². The van der Waals surface area contributed by atoms with E-state index in [-0.39, 0.29) is 12.2 Å². The van der Waals surface area contributed by atoms with Crippen molar-refractivity contribution in [3.63, 3.8) is 0 Å². The molecule has 0 amide bonds. The highest BCUT2D eigenvalue weighted by molar-refractivity contribution is 4.53. The van der Waals surface area contributed by atoms with Crippen LogP contribution in [0.3, 0.4) is 0 Å². The van der Waals surface area contributed by atoms with Gasteiger partial charge in [-0.1, -0.05) is 0 Å². The zero-order valence-electron chi connectivity index (χ0n) is 7.89. The Morgan fingerprint density at radius 2 is 1.91 bits per heavy atom. The fraction of sp³-hybridized carbons (Fsp3) is 1.00. The number of nitrogens with one attached hydrogen (secondary N) is 1. The van der Waals surface area contributed by atoms with Gasteiger partial charge in [0.1, 0.15) is 0 Å². The second-order valence-corrected chi connectivity index (χ2v) is 2.75. The van der Waals surface area contributed by atoms with E-state index in [0.717, 1.165) is 6.54 Å². The molecule has 0 aliphatic carbocycles. The van der Waals surface area contributed by atoms with Crippen molar-refractivity contribution >= 4 is 0 Å². The van der Waals surface area contributed by atoms with Crippen molar-refractivity contribution in [3.8, 4) is 0 Å². The molecule has 0 aliphatic rings. The van der Waals surface area contributed by atoms with Crippen LogP contribution in [0, 0.1) is 0 Å². The summed E-state index contributed by atoms with van der Waals surface area (Å²) < 4.78 is 10.5. The van der Waals surface area contributed by atoms with E-state index in [1.165, 1.54) is 0 Å². The molecule has 68 valence electrons. The van der Waals surface area contributed by atoms with Gasteiger partial charge in [0.25, 0.3) is 0 Å². The van der Waals surface area contributed by atoms with Gasteiger partial charge in [0.05, 0.1) is 18.8 Å². The van der Waals surface area contributed by atoms with Gasteiger partial charge in [-0.2, -0.15) is 0 Å². The summed E-state index contributed by atoms with van der Waals surface area (Å²) in [6, 6.07) is 0. The van der Waals surface area contributed by atoms with E-state index in [1.807, 2.05) is 20.9 Å². The van der Waals surface area contributed by atoms with Crippen LogP contribution in [-0.4, -0.2) is 39.5 Å². The van der Waals surface area contributed by atoms with E-state index in [1.54, 1.807) is 7.11 Å². The van der Waals surface area contributed by atoms with Crippen LogP contribution >= 0.6 is 0 Å². The molecule has 0 radical (unpaired) electrons. The van der Waals surface area contributed by atoms with Crippen LogP contribution in [0.25, 0.3) is 0 Å². The van der Waals surface area contributed by atoms with Crippen LogP contribution in [0.5, 0.6) is 0 Å². The molecule has 3 nitrogen and oxygen atoms in total. The zero-order chi connectivity index (χ0) is 8.69. The van der Waals surface area contributed by atoms with Crippen LogP contribution in [0.2, 0.25) is 0 Å². The highest BCUT2D eigenvalue weighted by atomic mass is 16.5. The van der Waals surface area contributed by atoms with Crippen molar-refractivity contribution in [2.24, 2.45) is 0 Å². The van der Waals surface area contributed by atoms with Gasteiger partial charge in [0, 0.05) is 13.7 Å². The first-order chi connectivity index (χ1) is 5.20. The van der Waals surface area contributed by atoms with Gasteiger partial charge in [-0.25, -0.2) is 0 Å². The van der Waals surface area contributed by atoms with Crippen LogP contribution < -0.4 is 5.32 Å². The Kier molecular flexibility index (Phi) is 6.51. The van der Waals surface area contributed by atoms with Gasteiger partial charge in [-0.15, -0.1) is 0 Å². The molecule has 0 bridgehead atoms. The highest BCUT2D eigenvalue weighted by Crippen LogP contribution is 1.93. The molecule has 0 fully saturated rings. The zero-order valence-corrected chi connectivity index (χ0v) is 7.89. The van der Waals surface area contributed by atoms with E-state index >= 15 is 0 Å². The maximum absolute atomic E-state index is 5.45. The van der Waals surface area contributed by atoms with E-state index < -0.39 is 0 Å². The number of rotatable bonds is 6. The molecule has 0 saturated heterocycles. The Labute approximate surface area is 69.1 Å². The lowest BCUT2D eigenvalue weighted by molar-refractivity contribution is -0.0120. The number of likely N-dealkylation sites (N-methyl/N-ethyl adjacent to an activating group) is 1. The fourth-order valence-corrected chi connectivity index (χ4v) is 0.714. The summed E-state index contributed by atoms with van der Waals surface area (Å²) in [4.78, 5) is 0. The van der Waals surface area contributed by atoms with E-state index in [9.17, 15) is 0 Å². The SMILES string of the molecule is CNCC(C)OCC(C)OC. The van der Waals surface area contributed by atoms with Crippen molar-refractivity contribution in [2.45, 2.75) is 26.1 Å². The van der Waals surface area contributed by atoms with Gasteiger partial charge < -0.3 is 14.8 Å². The third-order valence-electron chi connectivity index (χ3n) is 1.51. The number of hydrogen-bond acceptors (Lipinski definition) is 3. The first kappa shape index (κ1) is 10.9. The Hall–Kier alpha value is -0.120. The summed E-state index contributed by atoms with van der Waals surface area (Å²) in [6.07, 6.45) is 0.451. The van der Waals surface area contributed by atoms with E-state index in [0.29, 0.717) is 6.61 Å². The molecule has 0 heterocycles. The van der Waals surface area contributed by atoms with Gasteiger partial charge in [-0.3, -0.25) is 0 Å². The standard InChI is InChI=1S/C8H19NO2/c1-7(5-9-3)11-6-8(2)10-4/h7-9H,5-6H2,1-4H3. The van der Waals surface area contributed by atoms with Crippen molar-refractivity contribution in [2.75, 3.05) is 27.3 Å². The molecular weight excluding hydrogens is 142 g/mol.